The van der Waals surface area contributed by atoms with E-state index in [0.29, 0.717) is 28.5 Å². The van der Waals surface area contributed by atoms with Gasteiger partial charge in [-0.15, -0.1) is 0 Å². The first-order chi connectivity index (χ1) is 13.6. The third-order valence-corrected chi connectivity index (χ3v) is 4.27. The van der Waals surface area contributed by atoms with Gasteiger partial charge in [0.2, 0.25) is 0 Å². The van der Waals surface area contributed by atoms with E-state index in [0.717, 1.165) is 5.56 Å². The van der Waals surface area contributed by atoms with E-state index < -0.39 is 0 Å². The van der Waals surface area contributed by atoms with Crippen molar-refractivity contribution < 1.29 is 9.59 Å². The third-order valence-electron chi connectivity index (χ3n) is 4.01. The second-order valence-corrected chi connectivity index (χ2v) is 6.52. The van der Waals surface area contributed by atoms with Gasteiger partial charge in [0.05, 0.1) is 0 Å². The van der Waals surface area contributed by atoms with Crippen LogP contribution in [0.15, 0.2) is 96.8 Å². The Labute approximate surface area is 168 Å². The van der Waals surface area contributed by atoms with Crippen molar-refractivity contribution >= 4 is 23.3 Å². The molecule has 0 aliphatic heterocycles. The molecule has 1 amide bonds. The van der Waals surface area contributed by atoms with Gasteiger partial charge in [-0.2, -0.15) is 0 Å². The minimum atomic E-state index is -0.329. The van der Waals surface area contributed by atoms with Gasteiger partial charge in [0.15, 0.2) is 5.78 Å². The molecule has 3 rings (SSSR count). The summed E-state index contributed by atoms with van der Waals surface area (Å²) < 4.78 is 0. The van der Waals surface area contributed by atoms with Crippen LogP contribution in [-0.2, 0) is 6.54 Å². The third kappa shape index (κ3) is 5.56. The van der Waals surface area contributed by atoms with Crippen LogP contribution in [-0.4, -0.2) is 11.7 Å². The fourth-order valence-electron chi connectivity index (χ4n) is 2.54. The maximum absolute atomic E-state index is 12.5. The molecule has 0 aliphatic rings. The van der Waals surface area contributed by atoms with Gasteiger partial charge >= 0.3 is 0 Å². The lowest BCUT2D eigenvalue weighted by atomic mass is 10.1. The molecule has 28 heavy (non-hydrogen) atoms. The first-order valence-electron chi connectivity index (χ1n) is 8.77. The second-order valence-electron chi connectivity index (χ2n) is 6.09. The zero-order chi connectivity index (χ0) is 19.8. The molecule has 0 fully saturated rings. The van der Waals surface area contributed by atoms with Crippen LogP contribution in [0.5, 0.6) is 0 Å². The van der Waals surface area contributed by atoms with Crippen molar-refractivity contribution in [1.82, 2.24) is 10.6 Å². The number of hydrogen-bond donors (Lipinski definition) is 2. The molecule has 0 saturated heterocycles. The molecule has 0 bridgehead atoms. The molecule has 0 aliphatic carbocycles. The lowest BCUT2D eigenvalue weighted by Gasteiger charge is -2.13. The first-order valence-corrected chi connectivity index (χ1v) is 9.15. The van der Waals surface area contributed by atoms with E-state index in [1.165, 1.54) is 6.08 Å². The highest BCUT2D eigenvalue weighted by molar-refractivity contribution is 6.30. The predicted molar refractivity (Wildman–Crippen MR) is 111 cm³/mol. The fraction of sp³-hybridized carbons (Fsp3) is 0.0435. The smallest absolute Gasteiger partial charge is 0.256 e. The number of carbonyl (C=O) groups excluding carboxylic acids is 2. The number of rotatable bonds is 7. The molecule has 2 N–H and O–H groups in total. The quantitative estimate of drug-likeness (QED) is 0.458. The Morgan fingerprint density at radius 1 is 0.786 bits per heavy atom. The van der Waals surface area contributed by atoms with Crippen LogP contribution in [0.1, 0.15) is 26.3 Å². The SMILES string of the molecule is O=C(/C=C(/NCc1ccccc1)NC(=O)c1ccc(Cl)cc1)c1ccccc1. The minimum Gasteiger partial charge on any atom is -0.367 e. The summed E-state index contributed by atoms with van der Waals surface area (Å²) in [4.78, 5) is 25.1. The molecule has 0 saturated carbocycles. The molecular formula is C23H19ClN2O2. The number of nitrogens with one attached hydrogen (secondary N) is 2. The monoisotopic (exact) mass is 390 g/mol. The number of hydrogen-bond acceptors (Lipinski definition) is 3. The summed E-state index contributed by atoms with van der Waals surface area (Å²) in [6, 6.07) is 25.2. The van der Waals surface area contributed by atoms with Crippen molar-refractivity contribution in [2.24, 2.45) is 0 Å². The number of ketones is 1. The largest absolute Gasteiger partial charge is 0.367 e. The Hall–Kier alpha value is -3.37. The van der Waals surface area contributed by atoms with Gasteiger partial charge in [0.1, 0.15) is 5.82 Å². The molecule has 4 nitrogen and oxygen atoms in total. The summed E-state index contributed by atoms with van der Waals surface area (Å²) in [5, 5.41) is 6.45. The van der Waals surface area contributed by atoms with Gasteiger partial charge in [-0.05, 0) is 29.8 Å². The Morgan fingerprint density at radius 2 is 1.39 bits per heavy atom. The Morgan fingerprint density at radius 3 is 2.04 bits per heavy atom. The predicted octanol–water partition coefficient (Wildman–Crippen LogP) is 4.58. The maximum Gasteiger partial charge on any atom is 0.256 e. The number of halogens is 1. The van der Waals surface area contributed by atoms with E-state index in [2.05, 4.69) is 10.6 Å². The van der Waals surface area contributed by atoms with Gasteiger partial charge in [-0.3, -0.25) is 9.59 Å². The van der Waals surface area contributed by atoms with Crippen molar-refractivity contribution in [3.05, 3.63) is 119 Å². The lowest BCUT2D eigenvalue weighted by Crippen LogP contribution is -2.32. The lowest BCUT2D eigenvalue weighted by molar-refractivity contribution is 0.0963. The van der Waals surface area contributed by atoms with Crippen LogP contribution in [0.2, 0.25) is 5.02 Å². The van der Waals surface area contributed by atoms with E-state index in [-0.39, 0.29) is 11.7 Å². The Kier molecular flexibility index (Phi) is 6.60. The Balaban J connectivity index is 1.78. The number of allylic oxidation sites excluding steroid dienone is 1. The molecule has 0 radical (unpaired) electrons. The maximum atomic E-state index is 12.5. The van der Waals surface area contributed by atoms with Gasteiger partial charge in [0, 0.05) is 28.8 Å². The van der Waals surface area contributed by atoms with Crippen molar-refractivity contribution in [3.63, 3.8) is 0 Å². The molecule has 0 heterocycles. The van der Waals surface area contributed by atoms with Gasteiger partial charge in [0.25, 0.3) is 5.91 Å². The summed E-state index contributed by atoms with van der Waals surface area (Å²) in [5.74, 6) is -0.199. The normalized spacial score (nSPS) is 11.0. The highest BCUT2D eigenvalue weighted by Crippen LogP contribution is 2.10. The van der Waals surface area contributed by atoms with E-state index in [4.69, 9.17) is 11.6 Å². The van der Waals surface area contributed by atoms with Crippen molar-refractivity contribution in [1.29, 1.82) is 0 Å². The van der Waals surface area contributed by atoms with Gasteiger partial charge < -0.3 is 10.6 Å². The van der Waals surface area contributed by atoms with Crippen molar-refractivity contribution in [2.75, 3.05) is 0 Å². The van der Waals surface area contributed by atoms with Crippen LogP contribution in [0.25, 0.3) is 0 Å². The summed E-state index contributed by atoms with van der Waals surface area (Å²) in [6.07, 6.45) is 1.39. The molecule has 3 aromatic rings. The molecule has 0 atom stereocenters. The molecular weight excluding hydrogens is 372 g/mol. The topological polar surface area (TPSA) is 58.2 Å². The van der Waals surface area contributed by atoms with Gasteiger partial charge in [-0.25, -0.2) is 0 Å². The minimum absolute atomic E-state index is 0.201. The van der Waals surface area contributed by atoms with Crippen LogP contribution in [0, 0.1) is 0 Å². The number of carbonyl (C=O) groups is 2. The molecule has 140 valence electrons. The highest BCUT2D eigenvalue weighted by Gasteiger charge is 2.10. The van der Waals surface area contributed by atoms with Crippen LogP contribution < -0.4 is 10.6 Å². The Bertz CT molecular complexity index is 969. The van der Waals surface area contributed by atoms with E-state index in [9.17, 15) is 9.59 Å². The van der Waals surface area contributed by atoms with Crippen molar-refractivity contribution in [2.45, 2.75) is 6.54 Å². The fourth-order valence-corrected chi connectivity index (χ4v) is 2.66. The molecule has 5 heteroatoms. The van der Waals surface area contributed by atoms with Crippen LogP contribution in [0.3, 0.4) is 0 Å². The summed E-state index contributed by atoms with van der Waals surface area (Å²) in [7, 11) is 0. The summed E-state index contributed by atoms with van der Waals surface area (Å²) in [5.41, 5.74) is 2.02. The highest BCUT2D eigenvalue weighted by atomic mass is 35.5. The van der Waals surface area contributed by atoms with E-state index in [1.54, 1.807) is 48.5 Å². The van der Waals surface area contributed by atoms with Crippen molar-refractivity contribution in [3.8, 4) is 0 Å². The summed E-state index contributed by atoms with van der Waals surface area (Å²) >= 11 is 5.88. The van der Waals surface area contributed by atoms with Gasteiger partial charge in [-0.1, -0.05) is 72.3 Å². The van der Waals surface area contributed by atoms with E-state index >= 15 is 0 Å². The molecule has 3 aromatic carbocycles. The number of benzene rings is 3. The first kappa shape index (κ1) is 19.4. The standard InChI is InChI=1S/C23H19ClN2O2/c24-20-13-11-19(12-14-20)23(28)26-22(25-16-17-7-3-1-4-8-17)15-21(27)18-9-5-2-6-10-18/h1-15,25H,16H2,(H,26,28)/b22-15-. The van der Waals surface area contributed by atoms with E-state index in [1.807, 2.05) is 36.4 Å². The molecule has 0 spiro atoms. The van der Waals surface area contributed by atoms with Crippen LogP contribution in [0.4, 0.5) is 0 Å². The number of amides is 1. The molecule has 0 unspecified atom stereocenters. The zero-order valence-corrected chi connectivity index (χ0v) is 15.8. The summed E-state index contributed by atoms with van der Waals surface area (Å²) in [6.45, 7) is 0.468. The average Bonchev–Trinajstić information content (AvgIpc) is 2.73. The average molecular weight is 391 g/mol. The second kappa shape index (κ2) is 9.53. The molecule has 0 aromatic heterocycles. The van der Waals surface area contributed by atoms with Crippen LogP contribution >= 0.6 is 11.6 Å². The zero-order valence-electron chi connectivity index (χ0n) is 15.1.